The van der Waals surface area contributed by atoms with E-state index in [0.717, 1.165) is 6.92 Å². The molecule has 4 rings (SSSR count). The number of benzene rings is 3. The number of rotatable bonds is 6. The molecule has 0 aliphatic heterocycles. The fraction of sp³-hybridized carbons (Fsp3) is 0.120. The molecule has 0 aliphatic rings. The van der Waals surface area contributed by atoms with Crippen molar-refractivity contribution in [2.24, 2.45) is 0 Å². The van der Waals surface area contributed by atoms with Crippen LogP contribution in [-0.4, -0.2) is 19.2 Å². The van der Waals surface area contributed by atoms with Crippen LogP contribution in [0.5, 0.6) is 17.2 Å². The number of ether oxygens (including phenoxy) is 3. The average molecular weight is 506 g/mol. The fourth-order valence-corrected chi connectivity index (χ4v) is 3.24. The lowest BCUT2D eigenvalue weighted by Crippen LogP contribution is -2.29. The zero-order chi connectivity index (χ0) is 26.1. The Morgan fingerprint density at radius 2 is 1.42 bits per heavy atom. The van der Waals surface area contributed by atoms with Gasteiger partial charge in [-0.3, -0.25) is 0 Å². The second kappa shape index (κ2) is 9.68. The Balaban J connectivity index is 1.55. The summed E-state index contributed by atoms with van der Waals surface area (Å²) in [6.07, 6.45) is -1.77. The van der Waals surface area contributed by atoms with Crippen molar-refractivity contribution in [3.8, 4) is 28.4 Å². The van der Waals surface area contributed by atoms with Gasteiger partial charge >= 0.3 is 11.6 Å². The van der Waals surface area contributed by atoms with Crippen LogP contribution in [0.15, 0.2) is 57.7 Å². The maximum atomic E-state index is 13.8. The number of esters is 1. The molecule has 186 valence electrons. The zero-order valence-corrected chi connectivity index (χ0v) is 18.5. The van der Waals surface area contributed by atoms with Crippen molar-refractivity contribution in [3.63, 3.8) is 0 Å². The van der Waals surface area contributed by atoms with Crippen molar-refractivity contribution in [2.75, 3.05) is 7.11 Å². The number of hydrogen-bond acceptors (Lipinski definition) is 6. The number of halogens is 5. The lowest BCUT2D eigenvalue weighted by atomic mass is 10.1. The van der Waals surface area contributed by atoms with E-state index in [4.69, 9.17) is 13.9 Å². The standard InChI is InChI=1S/C25H15F5O6/c1-11(34-23-21(29)19(27)18(26)20(28)22(23)30)24(31)35-15-8-5-13-9-16(25(32)36-17(13)10-15)12-3-6-14(33-2)7-4-12/h3-11H,1-2H3. The minimum atomic E-state index is -2.36. The van der Waals surface area contributed by atoms with Gasteiger partial charge in [0.2, 0.25) is 29.1 Å². The van der Waals surface area contributed by atoms with Crippen LogP contribution in [0.4, 0.5) is 22.0 Å². The number of carbonyl (C=O) groups excluding carboxylic acids is 1. The Morgan fingerprint density at radius 3 is 2.03 bits per heavy atom. The Hall–Kier alpha value is -4.41. The highest BCUT2D eigenvalue weighted by Gasteiger charge is 2.30. The third-order valence-corrected chi connectivity index (χ3v) is 5.12. The lowest BCUT2D eigenvalue weighted by molar-refractivity contribution is -0.141. The van der Waals surface area contributed by atoms with Crippen LogP contribution in [0.3, 0.4) is 0 Å². The highest BCUT2D eigenvalue weighted by Crippen LogP contribution is 2.30. The second-order valence-corrected chi connectivity index (χ2v) is 7.46. The van der Waals surface area contributed by atoms with E-state index in [9.17, 15) is 31.5 Å². The van der Waals surface area contributed by atoms with Gasteiger partial charge in [-0.1, -0.05) is 12.1 Å². The average Bonchev–Trinajstić information content (AvgIpc) is 2.88. The van der Waals surface area contributed by atoms with Crippen molar-refractivity contribution >= 4 is 16.9 Å². The van der Waals surface area contributed by atoms with Gasteiger partial charge in [0.05, 0.1) is 12.7 Å². The van der Waals surface area contributed by atoms with Gasteiger partial charge in [0.15, 0.2) is 11.9 Å². The van der Waals surface area contributed by atoms with Crippen molar-refractivity contribution in [3.05, 3.63) is 88.0 Å². The number of methoxy groups -OCH3 is 1. The van der Waals surface area contributed by atoms with Crippen LogP contribution < -0.4 is 19.8 Å². The maximum absolute atomic E-state index is 13.8. The van der Waals surface area contributed by atoms with Gasteiger partial charge in [-0.15, -0.1) is 0 Å². The van der Waals surface area contributed by atoms with Gasteiger partial charge in [-0.25, -0.2) is 22.8 Å². The van der Waals surface area contributed by atoms with E-state index in [1.165, 1.54) is 25.3 Å². The minimum absolute atomic E-state index is 0.0656. The van der Waals surface area contributed by atoms with Crippen molar-refractivity contribution in [1.29, 1.82) is 0 Å². The monoisotopic (exact) mass is 506 g/mol. The largest absolute Gasteiger partial charge is 0.497 e. The molecule has 36 heavy (non-hydrogen) atoms. The molecule has 0 fully saturated rings. The van der Waals surface area contributed by atoms with E-state index < -0.39 is 52.5 Å². The number of carbonyl (C=O) groups is 1. The summed E-state index contributed by atoms with van der Waals surface area (Å²) in [6, 6.07) is 12.3. The quantitative estimate of drug-likeness (QED) is 0.0854. The first kappa shape index (κ1) is 24.7. The summed E-state index contributed by atoms with van der Waals surface area (Å²) in [7, 11) is 1.51. The topological polar surface area (TPSA) is 75.0 Å². The van der Waals surface area contributed by atoms with E-state index >= 15 is 0 Å². The van der Waals surface area contributed by atoms with E-state index in [1.54, 1.807) is 30.3 Å². The summed E-state index contributed by atoms with van der Waals surface area (Å²) in [5.41, 5.74) is 0.260. The molecule has 6 nitrogen and oxygen atoms in total. The van der Waals surface area contributed by atoms with E-state index in [0.29, 0.717) is 16.7 Å². The molecule has 0 aliphatic carbocycles. The molecule has 0 radical (unpaired) electrons. The smallest absolute Gasteiger partial charge is 0.352 e. The Kier molecular flexibility index (Phi) is 6.65. The highest BCUT2D eigenvalue weighted by molar-refractivity contribution is 5.84. The second-order valence-electron chi connectivity index (χ2n) is 7.46. The van der Waals surface area contributed by atoms with Crippen molar-refractivity contribution in [2.45, 2.75) is 13.0 Å². The molecule has 0 N–H and O–H groups in total. The molecule has 1 unspecified atom stereocenters. The van der Waals surface area contributed by atoms with E-state index in [-0.39, 0.29) is 16.9 Å². The normalized spacial score (nSPS) is 11.9. The molecule has 0 saturated carbocycles. The number of fused-ring (bicyclic) bond motifs is 1. The fourth-order valence-electron chi connectivity index (χ4n) is 3.24. The molecule has 1 atom stereocenters. The summed E-state index contributed by atoms with van der Waals surface area (Å²) < 4.78 is 87.6. The molecule has 4 aromatic rings. The third-order valence-electron chi connectivity index (χ3n) is 5.12. The minimum Gasteiger partial charge on any atom is -0.497 e. The molecule has 3 aromatic carbocycles. The molecule has 0 bridgehead atoms. The molecular formula is C25H15F5O6. The van der Waals surface area contributed by atoms with Crippen molar-refractivity contribution in [1.82, 2.24) is 0 Å². The van der Waals surface area contributed by atoms with Gasteiger partial charge in [0.25, 0.3) is 0 Å². The first-order valence-electron chi connectivity index (χ1n) is 10.2. The zero-order valence-electron chi connectivity index (χ0n) is 18.5. The molecule has 0 amide bonds. The first-order chi connectivity index (χ1) is 17.1. The predicted octanol–water partition coefficient (Wildman–Crippen LogP) is 5.54. The summed E-state index contributed by atoms with van der Waals surface area (Å²) in [5, 5.41) is 0.492. The first-order valence-corrected chi connectivity index (χ1v) is 10.2. The molecule has 1 aromatic heterocycles. The van der Waals surface area contributed by atoms with Crippen LogP contribution in [-0.2, 0) is 4.79 Å². The van der Waals surface area contributed by atoms with Crippen LogP contribution >= 0.6 is 0 Å². The van der Waals surface area contributed by atoms with E-state index in [1.807, 2.05) is 0 Å². The number of hydrogen-bond donors (Lipinski definition) is 0. The lowest BCUT2D eigenvalue weighted by Gasteiger charge is -2.15. The third kappa shape index (κ3) is 4.59. The van der Waals surface area contributed by atoms with Gasteiger partial charge in [-0.05, 0) is 42.8 Å². The molecule has 0 spiro atoms. The summed E-state index contributed by atoms with van der Waals surface area (Å²) in [6.45, 7) is 0.989. The van der Waals surface area contributed by atoms with Gasteiger partial charge in [-0.2, -0.15) is 8.78 Å². The highest BCUT2D eigenvalue weighted by atomic mass is 19.2. The molecule has 11 heteroatoms. The summed E-state index contributed by atoms with van der Waals surface area (Å²) >= 11 is 0. The van der Waals surface area contributed by atoms with E-state index in [2.05, 4.69) is 4.74 Å². The van der Waals surface area contributed by atoms with Gasteiger partial charge in [0, 0.05) is 11.5 Å². The molecule has 1 heterocycles. The maximum Gasteiger partial charge on any atom is 0.352 e. The Bertz CT molecular complexity index is 1500. The SMILES string of the molecule is COc1ccc(-c2cc3ccc(OC(=O)C(C)Oc4c(F)c(F)c(F)c(F)c4F)cc3oc2=O)cc1. The molecule has 0 saturated heterocycles. The van der Waals surface area contributed by atoms with Crippen LogP contribution in [0, 0.1) is 29.1 Å². The van der Waals surface area contributed by atoms with Crippen LogP contribution in [0.2, 0.25) is 0 Å². The van der Waals surface area contributed by atoms with Gasteiger partial charge in [0.1, 0.15) is 17.1 Å². The summed E-state index contributed by atoms with van der Waals surface area (Å²) in [4.78, 5) is 24.8. The van der Waals surface area contributed by atoms with Crippen LogP contribution in [0.1, 0.15) is 6.92 Å². The van der Waals surface area contributed by atoms with Crippen LogP contribution in [0.25, 0.3) is 22.1 Å². The van der Waals surface area contributed by atoms with Crippen molar-refractivity contribution < 1.29 is 45.4 Å². The van der Waals surface area contributed by atoms with Gasteiger partial charge < -0.3 is 18.6 Å². The molecular weight excluding hydrogens is 491 g/mol. The Labute approximate surface area is 199 Å². The Morgan fingerprint density at radius 1 is 0.833 bits per heavy atom. The predicted molar refractivity (Wildman–Crippen MR) is 116 cm³/mol. The summed E-state index contributed by atoms with van der Waals surface area (Å²) in [5.74, 6) is -13.6.